The number of para-hydroxylation sites is 1. The molecule has 118 valence electrons. The zero-order valence-electron chi connectivity index (χ0n) is 12.7. The Hall–Kier alpha value is -2.04. The van der Waals surface area contributed by atoms with Crippen molar-refractivity contribution in [3.63, 3.8) is 0 Å². The van der Waals surface area contributed by atoms with Gasteiger partial charge in [-0.25, -0.2) is 0 Å². The lowest BCUT2D eigenvalue weighted by Gasteiger charge is -2.37. The van der Waals surface area contributed by atoms with E-state index >= 15 is 0 Å². The molecule has 1 aromatic carbocycles. The molecular formula is C17H22N2O3. The van der Waals surface area contributed by atoms with Crippen molar-refractivity contribution < 1.29 is 14.4 Å². The number of oxime groups is 1. The van der Waals surface area contributed by atoms with Gasteiger partial charge in [-0.05, 0) is 18.6 Å². The van der Waals surface area contributed by atoms with Gasteiger partial charge in [0.25, 0.3) is 0 Å². The molecule has 5 heteroatoms. The van der Waals surface area contributed by atoms with E-state index in [9.17, 15) is 4.79 Å². The van der Waals surface area contributed by atoms with Crippen molar-refractivity contribution in [1.29, 1.82) is 0 Å². The van der Waals surface area contributed by atoms with E-state index in [4.69, 9.17) is 9.57 Å². The monoisotopic (exact) mass is 302 g/mol. The van der Waals surface area contributed by atoms with E-state index in [-0.39, 0.29) is 11.5 Å². The minimum Gasteiger partial charge on any atom is -0.494 e. The van der Waals surface area contributed by atoms with Crippen molar-refractivity contribution in [3.05, 3.63) is 30.3 Å². The SMILES string of the molecule is O=C(CCCOc1ccccc1)N1CCC2(CC=NO2)CC1. The molecule has 5 nitrogen and oxygen atoms in total. The Kier molecular flexibility index (Phi) is 4.61. The van der Waals surface area contributed by atoms with Gasteiger partial charge in [-0.3, -0.25) is 4.79 Å². The van der Waals surface area contributed by atoms with Crippen LogP contribution in [0.1, 0.15) is 32.1 Å². The van der Waals surface area contributed by atoms with Crippen LogP contribution in [0.3, 0.4) is 0 Å². The van der Waals surface area contributed by atoms with E-state index in [1.54, 1.807) is 0 Å². The molecule has 1 amide bonds. The predicted molar refractivity (Wildman–Crippen MR) is 83.9 cm³/mol. The Bertz CT molecular complexity index is 512. The van der Waals surface area contributed by atoms with Crippen LogP contribution in [0.4, 0.5) is 0 Å². The van der Waals surface area contributed by atoms with Gasteiger partial charge in [-0.15, -0.1) is 0 Å². The molecule has 1 aromatic rings. The van der Waals surface area contributed by atoms with Gasteiger partial charge >= 0.3 is 0 Å². The molecule has 0 saturated carbocycles. The fourth-order valence-corrected chi connectivity index (χ4v) is 2.94. The number of likely N-dealkylation sites (tertiary alicyclic amines) is 1. The molecule has 1 fully saturated rings. The highest BCUT2D eigenvalue weighted by molar-refractivity contribution is 5.76. The van der Waals surface area contributed by atoms with Crippen LogP contribution in [-0.2, 0) is 9.63 Å². The molecule has 0 aromatic heterocycles. The fraction of sp³-hybridized carbons (Fsp3) is 0.529. The van der Waals surface area contributed by atoms with Crippen molar-refractivity contribution in [2.45, 2.75) is 37.7 Å². The Labute approximate surface area is 130 Å². The molecule has 0 N–H and O–H groups in total. The van der Waals surface area contributed by atoms with Gasteiger partial charge in [0.1, 0.15) is 11.4 Å². The normalized spacial score (nSPS) is 19.2. The first-order valence-corrected chi connectivity index (χ1v) is 7.93. The summed E-state index contributed by atoms with van der Waals surface area (Å²) in [4.78, 5) is 19.6. The first-order chi connectivity index (χ1) is 10.8. The molecule has 22 heavy (non-hydrogen) atoms. The lowest BCUT2D eigenvalue weighted by Crippen LogP contribution is -2.46. The molecule has 0 unspecified atom stereocenters. The smallest absolute Gasteiger partial charge is 0.222 e. The number of hydrogen-bond donors (Lipinski definition) is 0. The average molecular weight is 302 g/mol. The third-order valence-electron chi connectivity index (χ3n) is 4.36. The van der Waals surface area contributed by atoms with Crippen molar-refractivity contribution in [1.82, 2.24) is 4.90 Å². The van der Waals surface area contributed by atoms with E-state index in [1.165, 1.54) is 0 Å². The van der Waals surface area contributed by atoms with Gasteiger partial charge in [0.05, 0.1) is 6.61 Å². The number of piperidine rings is 1. The highest BCUT2D eigenvalue weighted by Gasteiger charge is 2.39. The summed E-state index contributed by atoms with van der Waals surface area (Å²) in [6.07, 6.45) is 5.74. The van der Waals surface area contributed by atoms with E-state index < -0.39 is 0 Å². The standard InChI is InChI=1S/C17H22N2O3/c20-16(7-4-14-21-15-5-2-1-3-6-15)19-12-9-17(10-13-19)8-11-18-22-17/h1-3,5-6,11H,4,7-10,12-14H2. The zero-order valence-corrected chi connectivity index (χ0v) is 12.7. The van der Waals surface area contributed by atoms with Crippen molar-refractivity contribution in [2.24, 2.45) is 5.16 Å². The zero-order chi connectivity index (χ0) is 15.3. The van der Waals surface area contributed by atoms with E-state index in [1.807, 2.05) is 41.4 Å². The second-order valence-electron chi connectivity index (χ2n) is 5.91. The average Bonchev–Trinajstić information content (AvgIpc) is 3.01. The molecular weight excluding hydrogens is 280 g/mol. The first-order valence-electron chi connectivity index (χ1n) is 7.93. The minimum absolute atomic E-state index is 0.132. The summed E-state index contributed by atoms with van der Waals surface area (Å²) in [6, 6.07) is 9.70. The predicted octanol–water partition coefficient (Wildman–Crippen LogP) is 2.61. The summed E-state index contributed by atoms with van der Waals surface area (Å²) < 4.78 is 5.61. The molecule has 0 aliphatic carbocycles. The number of rotatable bonds is 5. The van der Waals surface area contributed by atoms with Crippen molar-refractivity contribution in [3.8, 4) is 5.75 Å². The topological polar surface area (TPSA) is 51.1 Å². The number of benzene rings is 1. The van der Waals surface area contributed by atoms with Crippen LogP contribution in [0.2, 0.25) is 0 Å². The van der Waals surface area contributed by atoms with Gasteiger partial charge in [0.2, 0.25) is 5.91 Å². The third-order valence-corrected chi connectivity index (χ3v) is 4.36. The Morgan fingerprint density at radius 2 is 2.05 bits per heavy atom. The van der Waals surface area contributed by atoms with Crippen LogP contribution in [0.5, 0.6) is 5.75 Å². The maximum Gasteiger partial charge on any atom is 0.222 e. The van der Waals surface area contributed by atoms with Gasteiger partial charge in [-0.2, -0.15) is 0 Å². The largest absolute Gasteiger partial charge is 0.494 e. The summed E-state index contributed by atoms with van der Waals surface area (Å²) in [5.74, 6) is 1.07. The van der Waals surface area contributed by atoms with E-state index in [2.05, 4.69) is 5.16 Å². The van der Waals surface area contributed by atoms with Crippen LogP contribution in [0.25, 0.3) is 0 Å². The number of carbonyl (C=O) groups excluding carboxylic acids is 1. The number of amides is 1. The summed E-state index contributed by atoms with van der Waals surface area (Å²) in [7, 11) is 0. The Morgan fingerprint density at radius 3 is 2.73 bits per heavy atom. The molecule has 1 spiro atoms. The van der Waals surface area contributed by atoms with Crippen LogP contribution in [-0.4, -0.2) is 42.3 Å². The van der Waals surface area contributed by atoms with Crippen molar-refractivity contribution in [2.75, 3.05) is 19.7 Å². The van der Waals surface area contributed by atoms with Crippen LogP contribution >= 0.6 is 0 Å². The lowest BCUT2D eigenvalue weighted by atomic mass is 9.89. The fourth-order valence-electron chi connectivity index (χ4n) is 2.94. The molecule has 0 atom stereocenters. The maximum absolute atomic E-state index is 12.2. The Balaban J connectivity index is 1.34. The second kappa shape index (κ2) is 6.81. The van der Waals surface area contributed by atoms with E-state index in [0.717, 1.165) is 44.5 Å². The first kappa shape index (κ1) is 14.9. The summed E-state index contributed by atoms with van der Waals surface area (Å²) >= 11 is 0. The third kappa shape index (κ3) is 3.59. The van der Waals surface area contributed by atoms with Gasteiger partial charge in [0, 0.05) is 45.0 Å². The number of nitrogens with zero attached hydrogens (tertiary/aromatic N) is 2. The molecule has 1 saturated heterocycles. The molecule has 0 radical (unpaired) electrons. The van der Waals surface area contributed by atoms with Crippen LogP contribution in [0.15, 0.2) is 35.5 Å². The van der Waals surface area contributed by atoms with Crippen LogP contribution in [0, 0.1) is 0 Å². The molecule has 2 heterocycles. The quantitative estimate of drug-likeness (QED) is 0.786. The molecule has 2 aliphatic heterocycles. The van der Waals surface area contributed by atoms with Crippen LogP contribution < -0.4 is 4.74 Å². The molecule has 2 aliphatic rings. The number of hydrogen-bond acceptors (Lipinski definition) is 4. The van der Waals surface area contributed by atoms with Gasteiger partial charge in [0.15, 0.2) is 0 Å². The van der Waals surface area contributed by atoms with Gasteiger partial charge in [-0.1, -0.05) is 23.4 Å². The number of ether oxygens (including phenoxy) is 1. The maximum atomic E-state index is 12.2. The molecule has 3 rings (SSSR count). The summed E-state index contributed by atoms with van der Waals surface area (Å²) in [5, 5.41) is 3.87. The van der Waals surface area contributed by atoms with Crippen molar-refractivity contribution >= 4 is 12.1 Å². The minimum atomic E-state index is -0.132. The lowest BCUT2D eigenvalue weighted by molar-refractivity contribution is -0.137. The summed E-state index contributed by atoms with van der Waals surface area (Å²) in [5.41, 5.74) is -0.132. The highest BCUT2D eigenvalue weighted by atomic mass is 16.7. The number of carbonyl (C=O) groups is 1. The molecule has 0 bridgehead atoms. The van der Waals surface area contributed by atoms with E-state index in [0.29, 0.717) is 13.0 Å². The Morgan fingerprint density at radius 1 is 1.27 bits per heavy atom. The summed E-state index contributed by atoms with van der Waals surface area (Å²) in [6.45, 7) is 2.11. The second-order valence-corrected chi connectivity index (χ2v) is 5.91. The highest BCUT2D eigenvalue weighted by Crippen LogP contribution is 2.32. The van der Waals surface area contributed by atoms with Gasteiger partial charge < -0.3 is 14.5 Å².